The molecule has 0 bridgehead atoms. The van der Waals surface area contributed by atoms with E-state index in [0.717, 1.165) is 0 Å². The lowest BCUT2D eigenvalue weighted by Crippen LogP contribution is -2.51. The maximum absolute atomic E-state index is 12.3. The Morgan fingerprint density at radius 2 is 1.75 bits per heavy atom. The van der Waals surface area contributed by atoms with Crippen LogP contribution >= 0.6 is 0 Å². The highest BCUT2D eigenvalue weighted by atomic mass is 16.5. The highest BCUT2D eigenvalue weighted by Crippen LogP contribution is 2.05. The van der Waals surface area contributed by atoms with E-state index in [9.17, 15) is 24.0 Å². The summed E-state index contributed by atoms with van der Waals surface area (Å²) in [6.07, 6.45) is 1.60. The largest absolute Gasteiger partial charge is 0.468 e. The second-order valence-corrected chi connectivity index (χ2v) is 6.59. The molecule has 0 aliphatic heterocycles. The molecule has 0 aromatic carbocycles. The first-order chi connectivity index (χ1) is 13.2. The Morgan fingerprint density at radius 1 is 1.07 bits per heavy atom. The van der Waals surface area contributed by atoms with Gasteiger partial charge in [0.1, 0.15) is 12.1 Å². The number of hydrogen-bond acceptors (Lipinski definition) is 7. The number of hydrogen-bond donors (Lipinski definition) is 5. The molecule has 0 radical (unpaired) electrons. The van der Waals surface area contributed by atoms with Crippen LogP contribution in [0.15, 0.2) is 0 Å². The molecule has 0 saturated carbocycles. The zero-order valence-corrected chi connectivity index (χ0v) is 16.6. The standard InChI is InChI=1S/C17H31N5O6/c1-11(2)7-13(22-15(25)8-19-10-23)16(26)21-9-14(24)20-6-4-5-12(18)17(27)28-3/h10-13H,4-9,18H2,1-3H3,(H,19,23)(H,20,24)(H,21,26)(H,22,25). The van der Waals surface area contributed by atoms with Gasteiger partial charge >= 0.3 is 5.97 Å². The van der Waals surface area contributed by atoms with Gasteiger partial charge in [0.25, 0.3) is 0 Å². The maximum Gasteiger partial charge on any atom is 0.322 e. The van der Waals surface area contributed by atoms with E-state index in [2.05, 4.69) is 26.0 Å². The molecule has 2 atom stereocenters. The second-order valence-electron chi connectivity index (χ2n) is 6.59. The smallest absolute Gasteiger partial charge is 0.322 e. The highest BCUT2D eigenvalue weighted by Gasteiger charge is 2.22. The van der Waals surface area contributed by atoms with Crippen LogP contribution in [0.4, 0.5) is 0 Å². The third kappa shape index (κ3) is 11.8. The van der Waals surface area contributed by atoms with Crippen LogP contribution in [0.5, 0.6) is 0 Å². The minimum atomic E-state index is -0.813. The van der Waals surface area contributed by atoms with E-state index in [1.807, 2.05) is 13.8 Å². The molecule has 160 valence electrons. The fourth-order valence-corrected chi connectivity index (χ4v) is 2.25. The number of rotatable bonds is 14. The topological polar surface area (TPSA) is 169 Å². The van der Waals surface area contributed by atoms with Gasteiger partial charge in [0.05, 0.1) is 20.2 Å². The molecule has 0 aliphatic carbocycles. The molecule has 4 amide bonds. The van der Waals surface area contributed by atoms with Crippen LogP contribution in [0.1, 0.15) is 33.1 Å². The van der Waals surface area contributed by atoms with Gasteiger partial charge < -0.3 is 31.7 Å². The predicted octanol–water partition coefficient (Wildman–Crippen LogP) is -2.22. The fraction of sp³-hybridized carbons (Fsp3) is 0.706. The number of carbonyl (C=O) groups is 5. The minimum absolute atomic E-state index is 0.128. The SMILES string of the molecule is COC(=O)C(N)CCCNC(=O)CNC(=O)C(CC(C)C)NC(=O)CNC=O. The van der Waals surface area contributed by atoms with Crippen LogP contribution in [-0.4, -0.2) is 68.9 Å². The monoisotopic (exact) mass is 401 g/mol. The summed E-state index contributed by atoms with van der Waals surface area (Å²) in [5.41, 5.74) is 5.58. The van der Waals surface area contributed by atoms with Crippen molar-refractivity contribution in [1.82, 2.24) is 21.3 Å². The van der Waals surface area contributed by atoms with Crippen molar-refractivity contribution >= 4 is 30.1 Å². The summed E-state index contributed by atoms with van der Waals surface area (Å²) in [6.45, 7) is 3.59. The van der Waals surface area contributed by atoms with E-state index in [1.54, 1.807) is 0 Å². The first-order valence-electron chi connectivity index (χ1n) is 9.05. The summed E-state index contributed by atoms with van der Waals surface area (Å²) in [6, 6.07) is -1.55. The van der Waals surface area contributed by atoms with E-state index in [4.69, 9.17) is 5.73 Å². The van der Waals surface area contributed by atoms with Crippen LogP contribution in [0.2, 0.25) is 0 Å². The van der Waals surface area contributed by atoms with Crippen molar-refractivity contribution in [2.45, 2.75) is 45.2 Å². The molecular formula is C17H31N5O6. The van der Waals surface area contributed by atoms with Crippen LogP contribution in [-0.2, 0) is 28.7 Å². The molecule has 0 aromatic heterocycles. The lowest BCUT2D eigenvalue weighted by atomic mass is 10.0. The van der Waals surface area contributed by atoms with Crippen LogP contribution in [0.25, 0.3) is 0 Å². The van der Waals surface area contributed by atoms with Gasteiger partial charge in [-0.05, 0) is 25.2 Å². The summed E-state index contributed by atoms with van der Waals surface area (Å²) in [5.74, 6) is -1.78. The van der Waals surface area contributed by atoms with Gasteiger partial charge in [-0.2, -0.15) is 0 Å². The number of nitrogens with two attached hydrogens (primary N) is 1. The number of ether oxygens (including phenoxy) is 1. The molecule has 28 heavy (non-hydrogen) atoms. The van der Waals surface area contributed by atoms with Crippen LogP contribution in [0, 0.1) is 5.92 Å². The quantitative estimate of drug-likeness (QED) is 0.125. The molecule has 11 heteroatoms. The Kier molecular flexibility index (Phi) is 13.0. The Morgan fingerprint density at radius 3 is 2.32 bits per heavy atom. The van der Waals surface area contributed by atoms with E-state index >= 15 is 0 Å². The van der Waals surface area contributed by atoms with Gasteiger partial charge in [-0.25, -0.2) is 0 Å². The third-order valence-electron chi connectivity index (χ3n) is 3.65. The van der Waals surface area contributed by atoms with Gasteiger partial charge in [0.2, 0.25) is 24.1 Å². The maximum atomic E-state index is 12.3. The Bertz CT molecular complexity index is 540. The van der Waals surface area contributed by atoms with Crippen molar-refractivity contribution < 1.29 is 28.7 Å². The van der Waals surface area contributed by atoms with Crippen molar-refractivity contribution in [2.75, 3.05) is 26.7 Å². The summed E-state index contributed by atoms with van der Waals surface area (Å²) < 4.78 is 4.50. The minimum Gasteiger partial charge on any atom is -0.468 e. The van der Waals surface area contributed by atoms with Gasteiger partial charge in [0, 0.05) is 6.54 Å². The van der Waals surface area contributed by atoms with Crippen LogP contribution < -0.4 is 27.0 Å². The predicted molar refractivity (Wildman–Crippen MR) is 101 cm³/mol. The molecule has 6 N–H and O–H groups in total. The van der Waals surface area contributed by atoms with Crippen molar-refractivity contribution in [1.29, 1.82) is 0 Å². The first kappa shape index (κ1) is 25.3. The molecule has 0 saturated heterocycles. The van der Waals surface area contributed by atoms with Crippen molar-refractivity contribution in [3.63, 3.8) is 0 Å². The molecular weight excluding hydrogens is 370 g/mol. The zero-order valence-electron chi connectivity index (χ0n) is 16.6. The molecule has 11 nitrogen and oxygen atoms in total. The Balaban J connectivity index is 4.29. The Hall–Kier alpha value is -2.69. The number of esters is 1. The highest BCUT2D eigenvalue weighted by molar-refractivity contribution is 5.91. The Labute approximate surface area is 164 Å². The second kappa shape index (κ2) is 14.4. The van der Waals surface area contributed by atoms with Gasteiger partial charge in [-0.3, -0.25) is 24.0 Å². The number of carbonyl (C=O) groups excluding carboxylic acids is 5. The summed E-state index contributed by atoms with van der Waals surface area (Å²) >= 11 is 0. The summed E-state index contributed by atoms with van der Waals surface area (Å²) in [4.78, 5) is 57.2. The molecule has 0 heterocycles. The first-order valence-corrected chi connectivity index (χ1v) is 9.05. The van der Waals surface area contributed by atoms with Crippen molar-refractivity contribution in [3.05, 3.63) is 0 Å². The van der Waals surface area contributed by atoms with E-state index in [0.29, 0.717) is 32.2 Å². The summed E-state index contributed by atoms with van der Waals surface area (Å²) in [7, 11) is 1.25. The molecule has 2 unspecified atom stereocenters. The lowest BCUT2D eigenvalue weighted by molar-refractivity contribution is -0.142. The fourth-order valence-electron chi connectivity index (χ4n) is 2.25. The third-order valence-corrected chi connectivity index (χ3v) is 3.65. The van der Waals surface area contributed by atoms with E-state index in [1.165, 1.54) is 7.11 Å². The number of amides is 4. The molecule has 0 aliphatic rings. The van der Waals surface area contributed by atoms with Crippen molar-refractivity contribution in [2.24, 2.45) is 11.7 Å². The average Bonchev–Trinajstić information content (AvgIpc) is 2.65. The number of methoxy groups -OCH3 is 1. The average molecular weight is 401 g/mol. The molecule has 0 rings (SSSR count). The number of nitrogens with one attached hydrogen (secondary N) is 4. The van der Waals surface area contributed by atoms with E-state index in [-0.39, 0.29) is 19.0 Å². The van der Waals surface area contributed by atoms with E-state index < -0.39 is 35.8 Å². The molecule has 0 spiro atoms. The molecule has 0 fully saturated rings. The normalized spacial score (nSPS) is 12.5. The van der Waals surface area contributed by atoms with Gasteiger partial charge in [-0.1, -0.05) is 13.8 Å². The summed E-state index contributed by atoms with van der Waals surface area (Å²) in [5, 5.41) is 9.82. The molecule has 0 aromatic rings. The van der Waals surface area contributed by atoms with Gasteiger partial charge in [0.15, 0.2) is 0 Å². The van der Waals surface area contributed by atoms with Gasteiger partial charge in [-0.15, -0.1) is 0 Å². The lowest BCUT2D eigenvalue weighted by Gasteiger charge is -2.20. The van der Waals surface area contributed by atoms with Crippen molar-refractivity contribution in [3.8, 4) is 0 Å². The van der Waals surface area contributed by atoms with Crippen LogP contribution in [0.3, 0.4) is 0 Å². The zero-order chi connectivity index (χ0) is 21.5.